The van der Waals surface area contributed by atoms with E-state index in [1.54, 1.807) is 18.2 Å². The van der Waals surface area contributed by atoms with E-state index in [4.69, 9.17) is 37.8 Å². The van der Waals surface area contributed by atoms with E-state index in [9.17, 15) is 9.18 Å². The highest BCUT2D eigenvalue weighted by molar-refractivity contribution is 6.31. The number of hydrogen-bond acceptors (Lipinski definition) is 4. The number of nitrogens with one attached hydrogen (secondary N) is 1. The number of ether oxygens (including phenoxy) is 2. The molecule has 2 aromatic rings. The first-order chi connectivity index (χ1) is 12.8. The smallest absolute Gasteiger partial charge is 0.320 e. The van der Waals surface area contributed by atoms with Crippen molar-refractivity contribution in [2.24, 2.45) is 0 Å². The Morgan fingerprint density at radius 2 is 1.93 bits per heavy atom. The summed E-state index contributed by atoms with van der Waals surface area (Å²) in [4.78, 5) is 10.9. The van der Waals surface area contributed by atoms with Crippen LogP contribution in [0.3, 0.4) is 0 Å². The molecule has 0 aliphatic rings. The molecule has 0 amide bonds. The van der Waals surface area contributed by atoms with E-state index in [0.29, 0.717) is 28.7 Å². The third-order valence-electron chi connectivity index (χ3n) is 3.82. The van der Waals surface area contributed by atoms with Gasteiger partial charge >= 0.3 is 5.97 Å². The van der Waals surface area contributed by atoms with E-state index >= 15 is 0 Å². The van der Waals surface area contributed by atoms with Crippen molar-refractivity contribution in [3.8, 4) is 11.5 Å². The maximum atomic E-state index is 13.9. The summed E-state index contributed by atoms with van der Waals surface area (Å²) in [6, 6.07) is 6.91. The fraction of sp³-hybridized carbons (Fsp3) is 0.316. The van der Waals surface area contributed by atoms with Gasteiger partial charge in [0.05, 0.1) is 11.6 Å². The minimum absolute atomic E-state index is 0.0877. The van der Waals surface area contributed by atoms with Crippen molar-refractivity contribution in [2.45, 2.75) is 33.0 Å². The van der Waals surface area contributed by atoms with Crippen molar-refractivity contribution >= 4 is 29.2 Å². The molecule has 0 aliphatic carbocycles. The van der Waals surface area contributed by atoms with Gasteiger partial charge in [-0.15, -0.1) is 0 Å². The predicted octanol–water partition coefficient (Wildman–Crippen LogP) is 4.67. The Morgan fingerprint density at radius 3 is 2.56 bits per heavy atom. The van der Waals surface area contributed by atoms with Gasteiger partial charge in [-0.1, -0.05) is 29.3 Å². The first-order valence-corrected chi connectivity index (χ1v) is 9.06. The topological polar surface area (TPSA) is 67.8 Å². The summed E-state index contributed by atoms with van der Waals surface area (Å²) in [5.74, 6) is -0.654. The highest BCUT2D eigenvalue weighted by Gasteiger charge is 2.15. The Bertz CT molecular complexity index is 796. The molecule has 0 heterocycles. The monoisotopic (exact) mass is 415 g/mol. The van der Waals surface area contributed by atoms with Gasteiger partial charge in [0.1, 0.15) is 18.5 Å². The quantitative estimate of drug-likeness (QED) is 0.622. The van der Waals surface area contributed by atoms with Crippen LogP contribution in [0.4, 0.5) is 4.39 Å². The van der Waals surface area contributed by atoms with Crippen molar-refractivity contribution < 1.29 is 23.8 Å². The molecular formula is C19H20Cl2FNO4. The third-order valence-corrected chi connectivity index (χ3v) is 4.52. The first kappa shape index (κ1) is 21.3. The molecule has 27 heavy (non-hydrogen) atoms. The van der Waals surface area contributed by atoms with Crippen LogP contribution in [-0.4, -0.2) is 23.7 Å². The normalized spacial score (nSPS) is 11.9. The minimum atomic E-state index is -0.960. The average molecular weight is 416 g/mol. The highest BCUT2D eigenvalue weighted by atomic mass is 35.5. The van der Waals surface area contributed by atoms with Crippen LogP contribution < -0.4 is 14.8 Å². The molecule has 5 nitrogen and oxygen atoms in total. The number of halogens is 3. The molecule has 0 aromatic heterocycles. The standard InChI is InChI=1S/C19H20Cl2FNO4/c1-3-26-17-7-12(9-23-11(2)19(24)25)15(21)8-18(17)27-10-13-14(20)5-4-6-16(13)22/h4-8,11,23H,3,9-10H2,1-2H3,(H,24,25). The summed E-state index contributed by atoms with van der Waals surface area (Å²) >= 11 is 12.3. The first-order valence-electron chi connectivity index (χ1n) is 8.30. The van der Waals surface area contributed by atoms with E-state index in [0.717, 1.165) is 0 Å². The van der Waals surface area contributed by atoms with Gasteiger partial charge < -0.3 is 19.9 Å². The lowest BCUT2D eigenvalue weighted by Gasteiger charge is -2.16. The molecule has 8 heteroatoms. The van der Waals surface area contributed by atoms with Gasteiger partial charge in [-0.3, -0.25) is 4.79 Å². The van der Waals surface area contributed by atoms with Gasteiger partial charge in [0.2, 0.25) is 0 Å². The number of benzene rings is 2. The summed E-state index contributed by atoms with van der Waals surface area (Å²) in [5, 5.41) is 12.4. The Kier molecular flexibility index (Phi) is 7.71. The van der Waals surface area contributed by atoms with Gasteiger partial charge in [0.25, 0.3) is 0 Å². The van der Waals surface area contributed by atoms with Gasteiger partial charge in [0, 0.05) is 23.2 Å². The molecule has 0 spiro atoms. The third kappa shape index (κ3) is 5.73. The van der Waals surface area contributed by atoms with Crippen molar-refractivity contribution in [3.05, 3.63) is 57.3 Å². The zero-order valence-electron chi connectivity index (χ0n) is 14.9. The van der Waals surface area contributed by atoms with Crippen LogP contribution >= 0.6 is 23.2 Å². The van der Waals surface area contributed by atoms with Crippen LogP contribution in [0.2, 0.25) is 10.0 Å². The van der Waals surface area contributed by atoms with E-state index in [1.807, 2.05) is 6.92 Å². The second kappa shape index (κ2) is 9.78. The average Bonchev–Trinajstić information content (AvgIpc) is 2.61. The van der Waals surface area contributed by atoms with Gasteiger partial charge in [0.15, 0.2) is 11.5 Å². The van der Waals surface area contributed by atoms with Gasteiger partial charge in [-0.2, -0.15) is 0 Å². The van der Waals surface area contributed by atoms with Crippen LogP contribution in [0.15, 0.2) is 30.3 Å². The van der Waals surface area contributed by atoms with Crippen LogP contribution in [0.1, 0.15) is 25.0 Å². The van der Waals surface area contributed by atoms with Crippen molar-refractivity contribution in [1.29, 1.82) is 0 Å². The predicted molar refractivity (Wildman–Crippen MR) is 102 cm³/mol. The summed E-state index contributed by atoms with van der Waals surface area (Å²) < 4.78 is 25.2. The Labute approximate surface area is 167 Å². The lowest BCUT2D eigenvalue weighted by Crippen LogP contribution is -2.33. The molecular weight excluding hydrogens is 396 g/mol. The second-order valence-electron chi connectivity index (χ2n) is 5.75. The molecule has 2 aromatic carbocycles. The molecule has 0 radical (unpaired) electrons. The highest BCUT2D eigenvalue weighted by Crippen LogP contribution is 2.35. The molecule has 0 fully saturated rings. The van der Waals surface area contributed by atoms with Crippen molar-refractivity contribution in [3.63, 3.8) is 0 Å². The second-order valence-corrected chi connectivity index (χ2v) is 6.57. The van der Waals surface area contributed by atoms with Crippen molar-refractivity contribution in [2.75, 3.05) is 6.61 Å². The number of carboxylic acid groups (broad SMARTS) is 1. The fourth-order valence-electron chi connectivity index (χ4n) is 2.26. The van der Waals surface area contributed by atoms with Crippen LogP contribution in [-0.2, 0) is 17.9 Å². The maximum Gasteiger partial charge on any atom is 0.320 e. The molecule has 146 valence electrons. The minimum Gasteiger partial charge on any atom is -0.490 e. The number of rotatable bonds is 9. The van der Waals surface area contributed by atoms with E-state index < -0.39 is 17.8 Å². The number of carboxylic acids is 1. The van der Waals surface area contributed by atoms with Gasteiger partial charge in [-0.05, 0) is 37.6 Å². The SMILES string of the molecule is CCOc1cc(CNC(C)C(=O)O)c(Cl)cc1OCc1c(F)cccc1Cl. The lowest BCUT2D eigenvalue weighted by molar-refractivity contribution is -0.139. The van der Waals surface area contributed by atoms with Crippen molar-refractivity contribution in [1.82, 2.24) is 5.32 Å². The molecule has 0 saturated heterocycles. The molecule has 0 bridgehead atoms. The summed E-state index contributed by atoms with van der Waals surface area (Å²) in [6.07, 6.45) is 0. The van der Waals surface area contributed by atoms with Crippen LogP contribution in [0, 0.1) is 5.82 Å². The van der Waals surface area contributed by atoms with E-state index in [1.165, 1.54) is 19.1 Å². The summed E-state index contributed by atoms with van der Waals surface area (Å²) in [7, 11) is 0. The van der Waals surface area contributed by atoms with Gasteiger partial charge in [-0.25, -0.2) is 4.39 Å². The molecule has 2 N–H and O–H groups in total. The fourth-order valence-corrected chi connectivity index (χ4v) is 2.70. The zero-order valence-corrected chi connectivity index (χ0v) is 16.4. The zero-order chi connectivity index (χ0) is 20.0. The van der Waals surface area contributed by atoms with E-state index in [-0.39, 0.29) is 23.7 Å². The molecule has 0 aliphatic heterocycles. The lowest BCUT2D eigenvalue weighted by atomic mass is 10.1. The Morgan fingerprint density at radius 1 is 1.22 bits per heavy atom. The summed E-state index contributed by atoms with van der Waals surface area (Å²) in [6.45, 7) is 3.89. The molecule has 0 saturated carbocycles. The Hall–Kier alpha value is -2.02. The number of carbonyl (C=O) groups is 1. The molecule has 1 unspecified atom stereocenters. The summed E-state index contributed by atoms with van der Waals surface area (Å²) in [5.41, 5.74) is 0.892. The van der Waals surface area contributed by atoms with Crippen LogP contribution in [0.5, 0.6) is 11.5 Å². The van der Waals surface area contributed by atoms with Crippen LogP contribution in [0.25, 0.3) is 0 Å². The number of hydrogen-bond donors (Lipinski definition) is 2. The van der Waals surface area contributed by atoms with E-state index in [2.05, 4.69) is 5.32 Å². The Balaban J connectivity index is 2.20. The number of aliphatic carboxylic acids is 1. The molecule has 2 rings (SSSR count). The maximum absolute atomic E-state index is 13.9. The molecule has 1 atom stereocenters. The largest absolute Gasteiger partial charge is 0.490 e.